The third-order valence-corrected chi connectivity index (χ3v) is 3.96. The van der Waals surface area contributed by atoms with Gasteiger partial charge in [-0.3, -0.25) is 0 Å². The number of nitrogens with one attached hydrogen (secondary N) is 1. The average Bonchev–Trinajstić information content (AvgIpc) is 2.32. The molecule has 1 rings (SSSR count). The van der Waals surface area contributed by atoms with Gasteiger partial charge in [0.05, 0.1) is 11.6 Å². The summed E-state index contributed by atoms with van der Waals surface area (Å²) in [6.07, 6.45) is 0.995. The Kier molecular flexibility index (Phi) is 6.63. The minimum Gasteiger partial charge on any atom is -0.492 e. The Labute approximate surface area is 132 Å². The van der Waals surface area contributed by atoms with Gasteiger partial charge >= 0.3 is 0 Å². The van der Waals surface area contributed by atoms with Gasteiger partial charge in [-0.2, -0.15) is 0 Å². The van der Waals surface area contributed by atoms with E-state index in [9.17, 15) is 0 Å². The van der Waals surface area contributed by atoms with Crippen molar-refractivity contribution >= 4 is 23.2 Å². The van der Waals surface area contributed by atoms with Gasteiger partial charge < -0.3 is 10.1 Å². The Bertz CT molecular complexity index is 444. The van der Waals surface area contributed by atoms with E-state index >= 15 is 0 Å². The highest BCUT2D eigenvalue weighted by Crippen LogP contribution is 2.38. The molecule has 20 heavy (non-hydrogen) atoms. The van der Waals surface area contributed by atoms with Gasteiger partial charge in [-0.05, 0) is 36.9 Å². The lowest BCUT2D eigenvalue weighted by atomic mass is 9.81. The molecule has 0 aliphatic carbocycles. The molecule has 0 heterocycles. The smallest absolute Gasteiger partial charge is 0.139 e. The maximum absolute atomic E-state index is 6.40. The van der Waals surface area contributed by atoms with Gasteiger partial charge in [0.2, 0.25) is 0 Å². The van der Waals surface area contributed by atoms with E-state index in [1.165, 1.54) is 0 Å². The third kappa shape index (κ3) is 4.83. The van der Waals surface area contributed by atoms with Crippen LogP contribution in [-0.2, 0) is 5.41 Å². The highest BCUT2D eigenvalue weighted by atomic mass is 35.5. The fourth-order valence-electron chi connectivity index (χ4n) is 2.12. The Balaban J connectivity index is 2.91. The first-order chi connectivity index (χ1) is 9.27. The van der Waals surface area contributed by atoms with E-state index in [0.717, 1.165) is 18.5 Å². The monoisotopic (exact) mass is 317 g/mol. The Morgan fingerprint density at radius 2 is 1.85 bits per heavy atom. The fraction of sp³-hybridized carbons (Fsp3) is 0.625. The topological polar surface area (TPSA) is 21.3 Å². The van der Waals surface area contributed by atoms with Crippen LogP contribution in [-0.4, -0.2) is 19.2 Å². The van der Waals surface area contributed by atoms with Crippen molar-refractivity contribution < 1.29 is 4.74 Å². The molecule has 1 aromatic rings. The van der Waals surface area contributed by atoms with Crippen molar-refractivity contribution in [2.45, 2.75) is 52.5 Å². The van der Waals surface area contributed by atoms with E-state index in [1.807, 2.05) is 19.1 Å². The summed E-state index contributed by atoms with van der Waals surface area (Å²) in [5.41, 5.74) is 1.03. The summed E-state index contributed by atoms with van der Waals surface area (Å²) in [6.45, 7) is 12.1. The van der Waals surface area contributed by atoms with Gasteiger partial charge in [0.1, 0.15) is 5.75 Å². The van der Waals surface area contributed by atoms with Crippen LogP contribution in [0.5, 0.6) is 5.75 Å². The van der Waals surface area contributed by atoms with Gasteiger partial charge in [0.15, 0.2) is 0 Å². The average molecular weight is 318 g/mol. The third-order valence-electron chi connectivity index (χ3n) is 3.35. The van der Waals surface area contributed by atoms with Gasteiger partial charge in [-0.1, -0.05) is 50.9 Å². The van der Waals surface area contributed by atoms with Crippen LogP contribution in [0.3, 0.4) is 0 Å². The minimum absolute atomic E-state index is 0.0344. The number of ether oxygens (including phenoxy) is 1. The second-order valence-electron chi connectivity index (χ2n) is 5.94. The van der Waals surface area contributed by atoms with Crippen LogP contribution in [0.1, 0.15) is 46.6 Å². The molecule has 0 fully saturated rings. The summed E-state index contributed by atoms with van der Waals surface area (Å²) >= 11 is 12.7. The first-order valence-corrected chi connectivity index (χ1v) is 7.89. The maximum atomic E-state index is 6.40. The van der Waals surface area contributed by atoms with Crippen molar-refractivity contribution in [2.24, 2.45) is 0 Å². The SMILES string of the molecule is CCOc1cc(Cl)c(C(C)(C)CCNC(C)C)cc1Cl. The molecule has 2 nitrogen and oxygen atoms in total. The first-order valence-electron chi connectivity index (χ1n) is 7.13. The van der Waals surface area contributed by atoms with E-state index in [1.54, 1.807) is 0 Å². The fourth-order valence-corrected chi connectivity index (χ4v) is 2.75. The predicted octanol–water partition coefficient (Wildman–Crippen LogP) is 5.06. The van der Waals surface area contributed by atoms with Crippen LogP contribution >= 0.6 is 23.2 Å². The van der Waals surface area contributed by atoms with Crippen LogP contribution in [0, 0.1) is 0 Å². The zero-order valence-corrected chi connectivity index (χ0v) is 14.5. The minimum atomic E-state index is -0.0344. The van der Waals surface area contributed by atoms with Crippen molar-refractivity contribution in [1.82, 2.24) is 5.32 Å². The number of halogens is 2. The molecule has 0 aliphatic rings. The summed E-state index contributed by atoms with van der Waals surface area (Å²) in [5, 5.41) is 4.77. The molecule has 0 atom stereocenters. The van der Waals surface area contributed by atoms with Crippen LogP contribution in [0.2, 0.25) is 10.0 Å². The Hall–Kier alpha value is -0.440. The maximum Gasteiger partial charge on any atom is 0.139 e. The predicted molar refractivity (Wildman–Crippen MR) is 88.4 cm³/mol. The molecule has 4 heteroatoms. The van der Waals surface area contributed by atoms with Crippen molar-refractivity contribution in [3.8, 4) is 5.75 Å². The molecule has 0 aromatic heterocycles. The first kappa shape index (κ1) is 17.6. The van der Waals surface area contributed by atoms with E-state index in [4.69, 9.17) is 27.9 Å². The van der Waals surface area contributed by atoms with Crippen molar-refractivity contribution in [2.75, 3.05) is 13.2 Å². The summed E-state index contributed by atoms with van der Waals surface area (Å²) in [5.74, 6) is 0.652. The van der Waals surface area contributed by atoms with E-state index in [-0.39, 0.29) is 5.41 Å². The standard InChI is InChI=1S/C16H25Cl2NO/c1-6-20-15-10-13(17)12(9-14(15)18)16(4,5)7-8-19-11(2)3/h9-11,19H,6-8H2,1-5H3. The van der Waals surface area contributed by atoms with Crippen LogP contribution < -0.4 is 10.1 Å². The van der Waals surface area contributed by atoms with E-state index < -0.39 is 0 Å². The molecule has 0 saturated heterocycles. The van der Waals surface area contributed by atoms with E-state index in [2.05, 4.69) is 33.0 Å². The summed E-state index contributed by atoms with van der Waals surface area (Å²) in [7, 11) is 0. The molecule has 0 radical (unpaired) electrons. The zero-order valence-electron chi connectivity index (χ0n) is 13.0. The van der Waals surface area contributed by atoms with Gasteiger partial charge in [0.25, 0.3) is 0 Å². The van der Waals surface area contributed by atoms with Crippen LogP contribution in [0.4, 0.5) is 0 Å². The Morgan fingerprint density at radius 3 is 2.40 bits per heavy atom. The molecule has 0 bridgehead atoms. The van der Waals surface area contributed by atoms with Crippen molar-refractivity contribution in [1.29, 1.82) is 0 Å². The summed E-state index contributed by atoms with van der Waals surface area (Å²) < 4.78 is 5.47. The van der Waals surface area contributed by atoms with Gasteiger partial charge in [-0.25, -0.2) is 0 Å². The van der Waals surface area contributed by atoms with Crippen LogP contribution in [0.25, 0.3) is 0 Å². The highest BCUT2D eigenvalue weighted by molar-refractivity contribution is 6.34. The summed E-state index contributed by atoms with van der Waals surface area (Å²) in [6, 6.07) is 4.25. The second-order valence-corrected chi connectivity index (χ2v) is 6.75. The number of rotatable bonds is 7. The van der Waals surface area contributed by atoms with E-state index in [0.29, 0.717) is 28.4 Å². The number of benzene rings is 1. The zero-order chi connectivity index (χ0) is 15.3. The largest absolute Gasteiger partial charge is 0.492 e. The molecule has 0 saturated carbocycles. The molecule has 1 aromatic carbocycles. The van der Waals surface area contributed by atoms with Gasteiger partial charge in [0, 0.05) is 17.1 Å². The normalized spacial score (nSPS) is 12.0. The quantitative estimate of drug-likeness (QED) is 0.759. The lowest BCUT2D eigenvalue weighted by molar-refractivity contribution is 0.340. The molecule has 0 spiro atoms. The van der Waals surface area contributed by atoms with Crippen LogP contribution in [0.15, 0.2) is 12.1 Å². The van der Waals surface area contributed by atoms with Crippen molar-refractivity contribution in [3.63, 3.8) is 0 Å². The Morgan fingerprint density at radius 1 is 1.20 bits per heavy atom. The molecule has 114 valence electrons. The summed E-state index contributed by atoms with van der Waals surface area (Å²) in [4.78, 5) is 0. The molecule has 1 N–H and O–H groups in total. The van der Waals surface area contributed by atoms with Gasteiger partial charge in [-0.15, -0.1) is 0 Å². The highest BCUT2D eigenvalue weighted by Gasteiger charge is 2.24. The molecular weight excluding hydrogens is 293 g/mol. The molecule has 0 aliphatic heterocycles. The van der Waals surface area contributed by atoms with Crippen molar-refractivity contribution in [3.05, 3.63) is 27.7 Å². The lowest BCUT2D eigenvalue weighted by Gasteiger charge is -2.28. The lowest BCUT2D eigenvalue weighted by Crippen LogP contribution is -2.29. The molecule has 0 amide bonds. The molecular formula is C16H25Cl2NO. The molecule has 0 unspecified atom stereocenters. The number of hydrogen-bond acceptors (Lipinski definition) is 2. The number of hydrogen-bond donors (Lipinski definition) is 1. The second kappa shape index (κ2) is 7.53.